The van der Waals surface area contributed by atoms with Crippen LogP contribution in [0.15, 0.2) is 41.3 Å². The van der Waals surface area contributed by atoms with Gasteiger partial charge in [-0.3, -0.25) is 4.79 Å². The average molecular weight is 449 g/mol. The van der Waals surface area contributed by atoms with Gasteiger partial charge in [0.2, 0.25) is 9.84 Å². The highest BCUT2D eigenvalue weighted by molar-refractivity contribution is 7.91. The number of sulfone groups is 1. The molecule has 0 bridgehead atoms. The Hall–Kier alpha value is -2.47. The minimum Gasteiger partial charge on any atom is -0.456 e. The van der Waals surface area contributed by atoms with Gasteiger partial charge in [-0.25, -0.2) is 12.8 Å². The van der Waals surface area contributed by atoms with Crippen molar-refractivity contribution >= 4 is 26.7 Å². The number of alkyl halides is 5. The van der Waals surface area contributed by atoms with Crippen molar-refractivity contribution in [2.24, 2.45) is 0 Å². The van der Waals surface area contributed by atoms with Crippen LogP contribution in [0, 0.1) is 5.82 Å². The third-order valence-electron chi connectivity index (χ3n) is 3.09. The Kier molecular flexibility index (Phi) is 6.14. The van der Waals surface area contributed by atoms with E-state index in [-0.39, 0.29) is 5.75 Å². The number of hydrogen-bond acceptors (Lipinski definition) is 5. The molecule has 0 aliphatic heterocycles. The fraction of sp³-hybridized carbons (Fsp3) is 0.133. The topological polar surface area (TPSA) is 69.7 Å². The number of hydrogen-bond donors (Lipinski definition) is 0. The van der Waals surface area contributed by atoms with Gasteiger partial charge in [0.25, 0.3) is 5.24 Å². The van der Waals surface area contributed by atoms with Crippen molar-refractivity contribution < 1.29 is 49.0 Å². The normalized spacial score (nSPS) is 12.1. The first-order valence-corrected chi connectivity index (χ1v) is 8.83. The largest absolute Gasteiger partial charge is 0.573 e. The second kappa shape index (κ2) is 7.87. The summed E-state index contributed by atoms with van der Waals surface area (Å²) in [5, 5.41) is -1.55. The number of rotatable bonds is 6. The highest BCUT2D eigenvalue weighted by Gasteiger charge is 2.33. The molecule has 0 amide bonds. The summed E-state index contributed by atoms with van der Waals surface area (Å²) in [7, 11) is -5.37. The van der Waals surface area contributed by atoms with Gasteiger partial charge < -0.3 is 9.47 Å². The van der Waals surface area contributed by atoms with E-state index in [9.17, 15) is 39.6 Å². The van der Waals surface area contributed by atoms with Gasteiger partial charge in [0.05, 0.1) is 0 Å². The van der Waals surface area contributed by atoms with Gasteiger partial charge in [-0.2, -0.15) is 8.78 Å². The molecule has 0 aromatic heterocycles. The fourth-order valence-corrected chi connectivity index (χ4v) is 2.94. The molecule has 0 N–H and O–H groups in total. The van der Waals surface area contributed by atoms with Crippen LogP contribution >= 0.6 is 11.6 Å². The molecule has 2 aromatic rings. The lowest BCUT2D eigenvalue weighted by Gasteiger charge is -2.13. The van der Waals surface area contributed by atoms with E-state index in [1.54, 1.807) is 0 Å². The molecule has 0 heterocycles. The molecule has 152 valence electrons. The summed E-state index contributed by atoms with van der Waals surface area (Å²) in [5.41, 5.74) is -1.14. The standard InChI is InChI=1S/C15H7ClF6O5S/c16-13(23)11-9(5-6-10(12(11)17)28(24,25)14(18)19)26-7-1-3-8(4-2-7)27-15(20,21)22/h1-6,14H. The Labute approximate surface area is 158 Å². The molecule has 13 heteroatoms. The van der Waals surface area contributed by atoms with E-state index in [0.29, 0.717) is 12.1 Å². The Bertz CT molecular complexity index is 989. The zero-order valence-electron chi connectivity index (χ0n) is 13.1. The average Bonchev–Trinajstić information content (AvgIpc) is 2.54. The Morgan fingerprint density at radius 3 is 2.00 bits per heavy atom. The zero-order valence-corrected chi connectivity index (χ0v) is 14.7. The zero-order chi connectivity index (χ0) is 21.3. The molecule has 0 aliphatic carbocycles. The van der Waals surface area contributed by atoms with Crippen LogP contribution in [-0.4, -0.2) is 25.8 Å². The molecule has 0 spiro atoms. The van der Waals surface area contributed by atoms with Crippen molar-refractivity contribution in [1.82, 2.24) is 0 Å². The minimum atomic E-state index is -5.37. The molecule has 2 aromatic carbocycles. The van der Waals surface area contributed by atoms with Gasteiger partial charge in [0.15, 0.2) is 5.82 Å². The van der Waals surface area contributed by atoms with Crippen LogP contribution in [0.2, 0.25) is 0 Å². The predicted octanol–water partition coefficient (Wildman–Crippen LogP) is 4.89. The Morgan fingerprint density at radius 2 is 1.54 bits per heavy atom. The highest BCUT2D eigenvalue weighted by atomic mass is 35.5. The van der Waals surface area contributed by atoms with E-state index in [0.717, 1.165) is 24.3 Å². The monoisotopic (exact) mass is 448 g/mol. The van der Waals surface area contributed by atoms with E-state index >= 15 is 0 Å². The first kappa shape index (κ1) is 21.8. The van der Waals surface area contributed by atoms with Crippen molar-refractivity contribution in [2.75, 3.05) is 0 Å². The van der Waals surface area contributed by atoms with Crippen LogP contribution in [0.3, 0.4) is 0 Å². The van der Waals surface area contributed by atoms with Crippen LogP contribution < -0.4 is 9.47 Å². The summed E-state index contributed by atoms with van der Waals surface area (Å²) >= 11 is 5.19. The van der Waals surface area contributed by atoms with E-state index in [4.69, 9.17) is 16.3 Å². The molecule has 0 aliphatic rings. The van der Waals surface area contributed by atoms with Gasteiger partial charge in [-0.15, -0.1) is 13.2 Å². The SMILES string of the molecule is O=C(Cl)c1c(Oc2ccc(OC(F)(F)F)cc2)ccc(S(=O)(=O)C(F)F)c1F. The third-order valence-corrected chi connectivity index (χ3v) is 4.68. The first-order chi connectivity index (χ1) is 12.8. The van der Waals surface area contributed by atoms with Crippen LogP contribution in [0.5, 0.6) is 17.2 Å². The van der Waals surface area contributed by atoms with E-state index in [2.05, 4.69) is 4.74 Å². The second-order valence-corrected chi connectivity index (χ2v) is 7.18. The molecular weight excluding hydrogens is 442 g/mol. The van der Waals surface area contributed by atoms with Gasteiger partial charge in [0.1, 0.15) is 27.7 Å². The van der Waals surface area contributed by atoms with Crippen molar-refractivity contribution in [1.29, 1.82) is 0 Å². The molecule has 0 radical (unpaired) electrons. The summed E-state index contributed by atoms with van der Waals surface area (Å²) in [6.07, 6.45) is -4.93. The minimum absolute atomic E-state index is 0.211. The summed E-state index contributed by atoms with van der Waals surface area (Å²) in [6.45, 7) is 0. The molecule has 5 nitrogen and oxygen atoms in total. The predicted molar refractivity (Wildman–Crippen MR) is 83.0 cm³/mol. The molecule has 0 fully saturated rings. The molecule has 0 saturated heterocycles. The molecule has 0 unspecified atom stereocenters. The second-order valence-electron chi connectivity index (χ2n) is 4.95. The lowest BCUT2D eigenvalue weighted by atomic mass is 10.2. The van der Waals surface area contributed by atoms with Gasteiger partial charge in [0, 0.05) is 0 Å². The number of halogens is 7. The van der Waals surface area contributed by atoms with Crippen LogP contribution in [0.25, 0.3) is 0 Å². The van der Waals surface area contributed by atoms with Crippen molar-refractivity contribution in [3.05, 3.63) is 47.8 Å². The summed E-state index contributed by atoms with van der Waals surface area (Å²) in [4.78, 5) is 9.99. The van der Waals surface area contributed by atoms with Crippen molar-refractivity contribution in [3.8, 4) is 17.2 Å². The number of ether oxygens (including phenoxy) is 2. The van der Waals surface area contributed by atoms with Gasteiger partial charge in [-0.1, -0.05) is 0 Å². The quantitative estimate of drug-likeness (QED) is 0.465. The van der Waals surface area contributed by atoms with E-state index in [1.807, 2.05) is 0 Å². The number of benzene rings is 2. The molecule has 0 atom stereocenters. The van der Waals surface area contributed by atoms with Crippen molar-refractivity contribution in [3.63, 3.8) is 0 Å². The molecule has 2 rings (SSSR count). The van der Waals surface area contributed by atoms with Gasteiger partial charge >= 0.3 is 12.1 Å². The fourth-order valence-electron chi connectivity index (χ4n) is 1.96. The summed E-state index contributed by atoms with van der Waals surface area (Å²) < 4.78 is 108. The van der Waals surface area contributed by atoms with Crippen LogP contribution in [0.4, 0.5) is 26.3 Å². The third kappa shape index (κ3) is 4.87. The molecule has 0 saturated carbocycles. The maximum absolute atomic E-state index is 14.3. The number of carbonyl (C=O) groups excluding carboxylic acids is 1. The maximum Gasteiger partial charge on any atom is 0.573 e. The van der Waals surface area contributed by atoms with E-state index in [1.165, 1.54) is 0 Å². The summed E-state index contributed by atoms with van der Waals surface area (Å²) in [6, 6.07) is 4.76. The summed E-state index contributed by atoms with van der Waals surface area (Å²) in [5.74, 6) is -7.26. The smallest absolute Gasteiger partial charge is 0.456 e. The molecular formula is C15H7ClF6O5S. The maximum atomic E-state index is 14.3. The lowest BCUT2D eigenvalue weighted by molar-refractivity contribution is -0.274. The Balaban J connectivity index is 2.42. The molecule has 28 heavy (non-hydrogen) atoms. The van der Waals surface area contributed by atoms with Crippen molar-refractivity contribution in [2.45, 2.75) is 17.0 Å². The van der Waals surface area contributed by atoms with Crippen LogP contribution in [0.1, 0.15) is 10.4 Å². The van der Waals surface area contributed by atoms with E-state index < -0.39 is 55.0 Å². The lowest BCUT2D eigenvalue weighted by Crippen LogP contribution is -2.17. The first-order valence-electron chi connectivity index (χ1n) is 6.91. The van der Waals surface area contributed by atoms with Crippen LogP contribution in [-0.2, 0) is 9.84 Å². The highest BCUT2D eigenvalue weighted by Crippen LogP contribution is 2.34. The Morgan fingerprint density at radius 1 is 1.00 bits per heavy atom. The number of carbonyl (C=O) groups is 1. The van der Waals surface area contributed by atoms with Gasteiger partial charge in [-0.05, 0) is 48.0 Å².